The summed E-state index contributed by atoms with van der Waals surface area (Å²) in [5.74, 6) is 0.304. The van der Waals surface area contributed by atoms with Crippen molar-refractivity contribution in [1.29, 1.82) is 0 Å². The minimum atomic E-state index is -0.210. The zero-order chi connectivity index (χ0) is 17.1. The molecule has 0 bridgehead atoms. The molecule has 2 heterocycles. The van der Waals surface area contributed by atoms with Crippen LogP contribution in [0, 0.1) is 5.92 Å². The van der Waals surface area contributed by atoms with E-state index in [0.717, 1.165) is 25.9 Å². The molecule has 0 unspecified atom stereocenters. The summed E-state index contributed by atoms with van der Waals surface area (Å²) in [7, 11) is 0. The monoisotopic (exact) mass is 329 g/mol. The maximum atomic E-state index is 12.5. The molecule has 6 nitrogen and oxygen atoms in total. The van der Waals surface area contributed by atoms with Crippen LogP contribution in [0.15, 0.2) is 24.3 Å². The minimum Gasteiger partial charge on any atom is -0.343 e. The van der Waals surface area contributed by atoms with Crippen LogP contribution in [0.1, 0.15) is 32.6 Å². The fraction of sp³-hybridized carbons (Fsp3) is 0.500. The summed E-state index contributed by atoms with van der Waals surface area (Å²) in [6.45, 7) is 3.77. The van der Waals surface area contributed by atoms with Crippen LogP contribution in [0.3, 0.4) is 0 Å². The fourth-order valence-electron chi connectivity index (χ4n) is 3.22. The number of carbonyl (C=O) groups excluding carboxylic acids is 3. The zero-order valence-corrected chi connectivity index (χ0v) is 14.0. The van der Waals surface area contributed by atoms with Gasteiger partial charge in [0.05, 0.1) is 11.4 Å². The highest BCUT2D eigenvalue weighted by molar-refractivity contribution is 6.10. The fourth-order valence-corrected chi connectivity index (χ4v) is 3.22. The maximum Gasteiger partial charge on any atom is 0.244 e. The maximum absolute atomic E-state index is 12.5. The first-order chi connectivity index (χ1) is 11.5. The average molecular weight is 329 g/mol. The molecule has 6 heteroatoms. The minimum absolute atomic E-state index is 0.00522. The van der Waals surface area contributed by atoms with Crippen LogP contribution in [0.5, 0.6) is 0 Å². The number of likely N-dealkylation sites (tertiary alicyclic amines) is 1. The quantitative estimate of drug-likeness (QED) is 0.922. The van der Waals surface area contributed by atoms with Crippen LogP contribution in [0.4, 0.5) is 11.4 Å². The predicted octanol–water partition coefficient (Wildman–Crippen LogP) is 2.01. The molecule has 0 atom stereocenters. The van der Waals surface area contributed by atoms with Crippen LogP contribution in [-0.2, 0) is 14.4 Å². The SMILES string of the molecule is CC1CCN(C(=O)CCC(=O)N2CC(=O)Nc3ccccc32)CC1. The van der Waals surface area contributed by atoms with Crippen molar-refractivity contribution in [3.8, 4) is 0 Å². The Labute approximate surface area is 141 Å². The summed E-state index contributed by atoms with van der Waals surface area (Å²) in [6, 6.07) is 7.22. The van der Waals surface area contributed by atoms with Gasteiger partial charge in [-0.15, -0.1) is 0 Å². The molecule has 1 fully saturated rings. The van der Waals surface area contributed by atoms with Crippen LogP contribution >= 0.6 is 0 Å². The van der Waals surface area contributed by atoms with Gasteiger partial charge in [0.25, 0.3) is 0 Å². The standard InChI is InChI=1S/C18H23N3O3/c1-13-8-10-20(11-9-13)17(23)6-7-18(24)21-12-16(22)19-14-4-2-3-5-15(14)21/h2-5,13H,6-12H2,1H3,(H,19,22). The lowest BCUT2D eigenvalue weighted by Gasteiger charge is -2.31. The molecule has 0 spiro atoms. The number of hydrogen-bond acceptors (Lipinski definition) is 3. The van der Waals surface area contributed by atoms with Crippen LogP contribution < -0.4 is 10.2 Å². The zero-order valence-electron chi connectivity index (χ0n) is 14.0. The van der Waals surface area contributed by atoms with E-state index in [9.17, 15) is 14.4 Å². The molecule has 128 valence electrons. The molecule has 0 aromatic heterocycles. The van der Waals surface area contributed by atoms with Crippen molar-refractivity contribution in [2.24, 2.45) is 5.92 Å². The van der Waals surface area contributed by atoms with Gasteiger partial charge in [-0.05, 0) is 30.9 Å². The van der Waals surface area contributed by atoms with Gasteiger partial charge in [-0.1, -0.05) is 19.1 Å². The third-order valence-electron chi connectivity index (χ3n) is 4.76. The molecule has 3 rings (SSSR count). The first kappa shape index (κ1) is 16.5. The normalized spacial score (nSPS) is 18.1. The average Bonchev–Trinajstić information content (AvgIpc) is 2.59. The Morgan fingerprint density at radius 3 is 2.54 bits per heavy atom. The largest absolute Gasteiger partial charge is 0.343 e. The van der Waals surface area contributed by atoms with Gasteiger partial charge in [-0.2, -0.15) is 0 Å². The van der Waals surface area contributed by atoms with Gasteiger partial charge < -0.3 is 15.1 Å². The van der Waals surface area contributed by atoms with E-state index in [1.165, 1.54) is 4.90 Å². The number of anilines is 2. The van der Waals surface area contributed by atoms with Crippen molar-refractivity contribution in [1.82, 2.24) is 4.90 Å². The Hall–Kier alpha value is -2.37. The molecule has 24 heavy (non-hydrogen) atoms. The number of carbonyl (C=O) groups is 3. The number of piperidine rings is 1. The van der Waals surface area contributed by atoms with Gasteiger partial charge in [0.1, 0.15) is 6.54 Å². The van der Waals surface area contributed by atoms with Crippen LogP contribution in [-0.4, -0.2) is 42.3 Å². The lowest BCUT2D eigenvalue weighted by molar-refractivity contribution is -0.134. The van der Waals surface area contributed by atoms with Gasteiger partial charge in [0, 0.05) is 25.9 Å². The van der Waals surface area contributed by atoms with E-state index in [1.807, 2.05) is 17.0 Å². The summed E-state index contributed by atoms with van der Waals surface area (Å²) >= 11 is 0. The predicted molar refractivity (Wildman–Crippen MR) is 91.6 cm³/mol. The number of fused-ring (bicyclic) bond motifs is 1. The molecule has 1 aromatic carbocycles. The van der Waals surface area contributed by atoms with E-state index in [4.69, 9.17) is 0 Å². The van der Waals surface area contributed by atoms with Crippen molar-refractivity contribution >= 4 is 29.1 Å². The number of amides is 3. The number of benzene rings is 1. The van der Waals surface area contributed by atoms with Gasteiger partial charge >= 0.3 is 0 Å². The van der Waals surface area contributed by atoms with Crippen molar-refractivity contribution in [2.75, 3.05) is 29.9 Å². The first-order valence-corrected chi connectivity index (χ1v) is 8.51. The molecule has 0 radical (unpaired) electrons. The second-order valence-corrected chi connectivity index (χ2v) is 6.61. The highest BCUT2D eigenvalue weighted by atomic mass is 16.2. The molecule has 3 amide bonds. The van der Waals surface area contributed by atoms with Gasteiger partial charge in [-0.3, -0.25) is 14.4 Å². The molecular weight excluding hydrogens is 306 g/mol. The Morgan fingerprint density at radius 2 is 1.79 bits per heavy atom. The number of para-hydroxylation sites is 2. The molecule has 1 N–H and O–H groups in total. The van der Waals surface area contributed by atoms with E-state index >= 15 is 0 Å². The highest BCUT2D eigenvalue weighted by Crippen LogP contribution is 2.29. The van der Waals surface area contributed by atoms with Crippen LogP contribution in [0.2, 0.25) is 0 Å². The summed E-state index contributed by atoms with van der Waals surface area (Å²) < 4.78 is 0. The first-order valence-electron chi connectivity index (χ1n) is 8.51. The number of nitrogens with zero attached hydrogens (tertiary/aromatic N) is 2. The van der Waals surface area contributed by atoms with Gasteiger partial charge in [-0.25, -0.2) is 0 Å². The smallest absolute Gasteiger partial charge is 0.244 e. The van der Waals surface area contributed by atoms with Crippen molar-refractivity contribution in [3.05, 3.63) is 24.3 Å². The molecule has 2 aliphatic heterocycles. The molecule has 0 saturated carbocycles. The van der Waals surface area contributed by atoms with E-state index in [1.54, 1.807) is 12.1 Å². The van der Waals surface area contributed by atoms with Crippen molar-refractivity contribution < 1.29 is 14.4 Å². The van der Waals surface area contributed by atoms with Gasteiger partial charge in [0.2, 0.25) is 17.7 Å². The van der Waals surface area contributed by atoms with Crippen molar-refractivity contribution in [2.45, 2.75) is 32.6 Å². The number of rotatable bonds is 3. The highest BCUT2D eigenvalue weighted by Gasteiger charge is 2.27. The van der Waals surface area contributed by atoms with E-state index in [0.29, 0.717) is 17.3 Å². The van der Waals surface area contributed by atoms with Crippen LogP contribution in [0.25, 0.3) is 0 Å². The van der Waals surface area contributed by atoms with Crippen molar-refractivity contribution in [3.63, 3.8) is 0 Å². The number of nitrogens with one attached hydrogen (secondary N) is 1. The lowest BCUT2D eigenvalue weighted by Crippen LogP contribution is -2.43. The summed E-state index contributed by atoms with van der Waals surface area (Å²) in [5, 5.41) is 2.76. The third kappa shape index (κ3) is 3.58. The molecule has 1 aromatic rings. The number of hydrogen-bond donors (Lipinski definition) is 1. The van der Waals surface area contributed by atoms with E-state index < -0.39 is 0 Å². The van der Waals surface area contributed by atoms with E-state index in [-0.39, 0.29) is 37.1 Å². The second kappa shape index (κ2) is 7.03. The Balaban J connectivity index is 1.59. The topological polar surface area (TPSA) is 69.7 Å². The summed E-state index contributed by atoms with van der Waals surface area (Å²) in [6.07, 6.45) is 2.39. The molecule has 0 aliphatic carbocycles. The molecule has 2 aliphatic rings. The molecule has 1 saturated heterocycles. The molecular formula is C18H23N3O3. The lowest BCUT2D eigenvalue weighted by atomic mass is 9.99. The Morgan fingerprint density at radius 1 is 1.12 bits per heavy atom. The Kier molecular flexibility index (Phi) is 4.83. The van der Waals surface area contributed by atoms with E-state index in [2.05, 4.69) is 12.2 Å². The Bertz CT molecular complexity index is 651. The van der Waals surface area contributed by atoms with Gasteiger partial charge in [0.15, 0.2) is 0 Å². The third-order valence-corrected chi connectivity index (χ3v) is 4.76. The summed E-state index contributed by atoms with van der Waals surface area (Å²) in [5.41, 5.74) is 1.33. The second-order valence-electron chi connectivity index (χ2n) is 6.61. The summed E-state index contributed by atoms with van der Waals surface area (Å²) in [4.78, 5) is 39.9.